The standard InChI is InChI=1S/C12H13ClN4O/c1-8(9-6-4-3-5-7-9)18-12-16-10(13)15-11(14-2)17-12/h3-8H,1-2H3,(H,14,15,16,17). The van der Waals surface area contributed by atoms with E-state index in [-0.39, 0.29) is 17.4 Å². The van der Waals surface area contributed by atoms with Crippen molar-refractivity contribution in [2.24, 2.45) is 0 Å². The van der Waals surface area contributed by atoms with Gasteiger partial charge >= 0.3 is 6.01 Å². The first kappa shape index (κ1) is 12.6. The summed E-state index contributed by atoms with van der Waals surface area (Å²) in [5.74, 6) is 0.380. The average molecular weight is 265 g/mol. The first-order valence-electron chi connectivity index (χ1n) is 5.50. The van der Waals surface area contributed by atoms with Crippen LogP contribution in [0.1, 0.15) is 18.6 Å². The van der Waals surface area contributed by atoms with E-state index in [1.165, 1.54) is 0 Å². The van der Waals surface area contributed by atoms with Crippen LogP contribution in [0.2, 0.25) is 5.28 Å². The highest BCUT2D eigenvalue weighted by atomic mass is 35.5. The Morgan fingerprint density at radius 2 is 1.89 bits per heavy atom. The number of hydrogen-bond acceptors (Lipinski definition) is 5. The van der Waals surface area contributed by atoms with E-state index >= 15 is 0 Å². The first-order valence-corrected chi connectivity index (χ1v) is 5.88. The minimum absolute atomic E-state index is 0.101. The molecule has 0 radical (unpaired) electrons. The van der Waals surface area contributed by atoms with E-state index in [9.17, 15) is 0 Å². The monoisotopic (exact) mass is 264 g/mol. The van der Waals surface area contributed by atoms with Crippen molar-refractivity contribution in [2.45, 2.75) is 13.0 Å². The van der Waals surface area contributed by atoms with E-state index in [1.54, 1.807) is 7.05 Å². The number of nitrogens with zero attached hydrogens (tertiary/aromatic N) is 3. The highest BCUT2D eigenvalue weighted by Gasteiger charge is 2.11. The van der Waals surface area contributed by atoms with Crippen LogP contribution in [0.15, 0.2) is 30.3 Å². The molecule has 1 atom stereocenters. The number of hydrogen-bond donors (Lipinski definition) is 1. The van der Waals surface area contributed by atoms with E-state index in [4.69, 9.17) is 16.3 Å². The maximum absolute atomic E-state index is 5.78. The first-order chi connectivity index (χ1) is 8.69. The number of aromatic nitrogens is 3. The average Bonchev–Trinajstić information content (AvgIpc) is 2.39. The topological polar surface area (TPSA) is 59.9 Å². The molecule has 6 heteroatoms. The van der Waals surface area contributed by atoms with Crippen LogP contribution < -0.4 is 10.1 Å². The van der Waals surface area contributed by atoms with Gasteiger partial charge in [-0.25, -0.2) is 0 Å². The minimum Gasteiger partial charge on any atom is -0.455 e. The van der Waals surface area contributed by atoms with Crippen LogP contribution in [0.3, 0.4) is 0 Å². The van der Waals surface area contributed by atoms with Gasteiger partial charge in [-0.3, -0.25) is 0 Å². The summed E-state index contributed by atoms with van der Waals surface area (Å²) >= 11 is 5.78. The Morgan fingerprint density at radius 1 is 1.17 bits per heavy atom. The Labute approximate surface area is 110 Å². The van der Waals surface area contributed by atoms with Crippen LogP contribution in [0.5, 0.6) is 6.01 Å². The molecule has 0 spiro atoms. The summed E-state index contributed by atoms with van der Waals surface area (Å²) < 4.78 is 5.64. The van der Waals surface area contributed by atoms with Gasteiger partial charge in [-0.15, -0.1) is 0 Å². The quantitative estimate of drug-likeness (QED) is 0.920. The third kappa shape index (κ3) is 3.07. The van der Waals surface area contributed by atoms with Crippen molar-refractivity contribution in [3.05, 3.63) is 41.2 Å². The van der Waals surface area contributed by atoms with Gasteiger partial charge in [0.25, 0.3) is 0 Å². The van der Waals surface area contributed by atoms with Crippen LogP contribution in [-0.4, -0.2) is 22.0 Å². The molecule has 0 fully saturated rings. The molecule has 2 rings (SSSR count). The maximum Gasteiger partial charge on any atom is 0.323 e. The second-order valence-corrected chi connectivity index (χ2v) is 3.97. The number of anilines is 1. The van der Waals surface area contributed by atoms with E-state index < -0.39 is 0 Å². The summed E-state index contributed by atoms with van der Waals surface area (Å²) in [5.41, 5.74) is 1.04. The second kappa shape index (κ2) is 5.64. The number of ether oxygens (including phenoxy) is 1. The van der Waals surface area contributed by atoms with Crippen molar-refractivity contribution in [3.8, 4) is 6.01 Å². The molecule has 0 bridgehead atoms. The molecule has 1 aromatic heterocycles. The summed E-state index contributed by atoms with van der Waals surface area (Å²) in [6, 6.07) is 10.0. The Kier molecular flexibility index (Phi) is 3.94. The van der Waals surface area contributed by atoms with Gasteiger partial charge in [0.1, 0.15) is 6.10 Å². The summed E-state index contributed by atoms with van der Waals surface area (Å²) in [5, 5.41) is 2.90. The van der Waals surface area contributed by atoms with Crippen molar-refractivity contribution in [3.63, 3.8) is 0 Å². The molecule has 94 valence electrons. The predicted octanol–water partition coefficient (Wildman–Crippen LogP) is 2.71. The van der Waals surface area contributed by atoms with E-state index in [0.29, 0.717) is 5.95 Å². The number of nitrogens with one attached hydrogen (secondary N) is 1. The number of benzene rings is 1. The molecule has 1 heterocycles. The highest BCUT2D eigenvalue weighted by Crippen LogP contribution is 2.19. The van der Waals surface area contributed by atoms with Crippen molar-refractivity contribution in [1.29, 1.82) is 0 Å². The molecule has 0 saturated carbocycles. The molecular formula is C12H13ClN4O. The molecule has 1 N–H and O–H groups in total. The lowest BCUT2D eigenvalue weighted by Crippen LogP contribution is -2.08. The molecule has 0 amide bonds. The van der Waals surface area contributed by atoms with Gasteiger partial charge in [-0.2, -0.15) is 15.0 Å². The normalized spacial score (nSPS) is 11.9. The number of rotatable bonds is 4. The van der Waals surface area contributed by atoms with Gasteiger partial charge in [0.15, 0.2) is 0 Å². The lowest BCUT2D eigenvalue weighted by Gasteiger charge is -2.13. The molecule has 2 aromatic rings. The molecule has 1 aromatic carbocycles. The van der Waals surface area contributed by atoms with Crippen molar-refractivity contribution >= 4 is 17.5 Å². The fourth-order valence-corrected chi connectivity index (χ4v) is 1.60. The molecule has 0 aliphatic rings. The van der Waals surface area contributed by atoms with Crippen molar-refractivity contribution in [1.82, 2.24) is 15.0 Å². The zero-order chi connectivity index (χ0) is 13.0. The van der Waals surface area contributed by atoms with Crippen molar-refractivity contribution in [2.75, 3.05) is 12.4 Å². The lowest BCUT2D eigenvalue weighted by molar-refractivity contribution is 0.207. The summed E-state index contributed by atoms with van der Waals surface area (Å²) in [6.45, 7) is 1.92. The predicted molar refractivity (Wildman–Crippen MR) is 69.9 cm³/mol. The van der Waals surface area contributed by atoms with E-state index in [2.05, 4.69) is 20.3 Å². The number of halogens is 1. The minimum atomic E-state index is -0.158. The summed E-state index contributed by atoms with van der Waals surface area (Å²) in [7, 11) is 1.70. The maximum atomic E-state index is 5.78. The van der Waals surface area contributed by atoms with Crippen LogP contribution in [0, 0.1) is 0 Å². The second-order valence-electron chi connectivity index (χ2n) is 3.63. The largest absolute Gasteiger partial charge is 0.455 e. The Balaban J connectivity index is 2.16. The van der Waals surface area contributed by atoms with Gasteiger partial charge in [-0.1, -0.05) is 30.3 Å². The molecular weight excluding hydrogens is 252 g/mol. The van der Waals surface area contributed by atoms with Crippen LogP contribution in [0.4, 0.5) is 5.95 Å². The van der Waals surface area contributed by atoms with Gasteiger partial charge in [-0.05, 0) is 24.1 Å². The third-order valence-electron chi connectivity index (χ3n) is 2.36. The zero-order valence-electron chi connectivity index (χ0n) is 10.1. The van der Waals surface area contributed by atoms with Crippen LogP contribution in [0.25, 0.3) is 0 Å². The van der Waals surface area contributed by atoms with Crippen LogP contribution in [-0.2, 0) is 0 Å². The Bertz CT molecular complexity index is 521. The smallest absolute Gasteiger partial charge is 0.323 e. The SMILES string of the molecule is CNc1nc(Cl)nc(OC(C)c2ccccc2)n1. The fourth-order valence-electron chi connectivity index (χ4n) is 1.45. The molecule has 18 heavy (non-hydrogen) atoms. The van der Waals surface area contributed by atoms with E-state index in [0.717, 1.165) is 5.56 Å². The van der Waals surface area contributed by atoms with Crippen molar-refractivity contribution < 1.29 is 4.74 Å². The highest BCUT2D eigenvalue weighted by molar-refractivity contribution is 6.28. The molecule has 0 saturated heterocycles. The van der Waals surface area contributed by atoms with Gasteiger partial charge < -0.3 is 10.1 Å². The summed E-state index contributed by atoms with van der Waals surface area (Å²) in [4.78, 5) is 11.9. The molecule has 0 aliphatic heterocycles. The lowest BCUT2D eigenvalue weighted by atomic mass is 10.1. The molecule has 5 nitrogen and oxygen atoms in total. The zero-order valence-corrected chi connectivity index (χ0v) is 10.8. The van der Waals surface area contributed by atoms with E-state index in [1.807, 2.05) is 37.3 Å². The summed E-state index contributed by atoms with van der Waals surface area (Å²) in [6.07, 6.45) is -0.158. The Morgan fingerprint density at radius 3 is 2.56 bits per heavy atom. The molecule has 0 aliphatic carbocycles. The fraction of sp³-hybridized carbons (Fsp3) is 0.250. The van der Waals surface area contributed by atoms with Gasteiger partial charge in [0.2, 0.25) is 11.2 Å². The van der Waals surface area contributed by atoms with Gasteiger partial charge in [0.05, 0.1) is 0 Å². The Hall–Kier alpha value is -1.88. The third-order valence-corrected chi connectivity index (χ3v) is 2.53. The molecule has 1 unspecified atom stereocenters. The van der Waals surface area contributed by atoms with Crippen LogP contribution >= 0.6 is 11.6 Å². The van der Waals surface area contributed by atoms with Gasteiger partial charge in [0, 0.05) is 7.05 Å².